The first-order valence-electron chi connectivity index (χ1n) is 2.74. The van der Waals surface area contributed by atoms with Crippen LogP contribution >= 0.6 is 15.9 Å². The number of hydrogen-bond acceptors (Lipinski definition) is 2. The minimum atomic E-state index is -0.0686. The fourth-order valence-electron chi connectivity index (χ4n) is 0.666. The molecule has 0 fully saturated rings. The van der Waals surface area contributed by atoms with Crippen LogP contribution in [0, 0.1) is 6.07 Å². The minimum absolute atomic E-state index is 0.0402. The van der Waals surface area contributed by atoms with Crippen molar-refractivity contribution < 1.29 is 10.2 Å². The summed E-state index contributed by atoms with van der Waals surface area (Å²) in [4.78, 5) is 0. The predicted molar refractivity (Wildman–Crippen MR) is 40.6 cm³/mol. The second-order valence-electron chi connectivity index (χ2n) is 1.88. The Morgan fingerprint density at radius 1 is 1.50 bits per heavy atom. The van der Waals surface area contributed by atoms with E-state index in [9.17, 15) is 0 Å². The third-order valence-corrected chi connectivity index (χ3v) is 1.49. The first kappa shape index (κ1) is 7.57. The summed E-state index contributed by atoms with van der Waals surface area (Å²) in [6, 6.07) is 5.76. The molecule has 1 aromatic carbocycles. The number of phenols is 1. The van der Waals surface area contributed by atoms with Crippen LogP contribution in [0.1, 0.15) is 5.56 Å². The third kappa shape index (κ3) is 1.72. The maximum atomic E-state index is 8.93. The van der Waals surface area contributed by atoms with Crippen LogP contribution in [0.4, 0.5) is 0 Å². The van der Waals surface area contributed by atoms with Crippen molar-refractivity contribution in [3.63, 3.8) is 0 Å². The Morgan fingerprint density at radius 3 is 2.70 bits per heavy atom. The number of aliphatic hydroxyl groups is 1. The molecule has 10 heavy (non-hydrogen) atoms. The smallest absolute Gasteiger partial charge is 0.125 e. The molecule has 1 rings (SSSR count). The molecule has 0 saturated heterocycles. The van der Waals surface area contributed by atoms with E-state index in [1.165, 1.54) is 6.07 Å². The van der Waals surface area contributed by atoms with Gasteiger partial charge in [0, 0.05) is 10.5 Å². The lowest BCUT2D eigenvalue weighted by Crippen LogP contribution is -1.81. The topological polar surface area (TPSA) is 40.5 Å². The van der Waals surface area contributed by atoms with Crippen molar-refractivity contribution >= 4 is 15.9 Å². The summed E-state index contributed by atoms with van der Waals surface area (Å²) in [5.41, 5.74) is 0.670. The van der Waals surface area contributed by atoms with E-state index in [2.05, 4.69) is 22.0 Å². The van der Waals surface area contributed by atoms with Gasteiger partial charge in [0.1, 0.15) is 5.75 Å². The average Bonchev–Trinajstić information content (AvgIpc) is 1.85. The van der Waals surface area contributed by atoms with E-state index in [1.54, 1.807) is 6.07 Å². The van der Waals surface area contributed by atoms with Gasteiger partial charge in [0.25, 0.3) is 0 Å². The summed E-state index contributed by atoms with van der Waals surface area (Å²) in [6.45, 7) is -0.0686. The fourth-order valence-corrected chi connectivity index (χ4v) is 1.16. The van der Waals surface area contributed by atoms with Crippen LogP contribution in [0.3, 0.4) is 0 Å². The molecule has 0 saturated carbocycles. The van der Waals surface area contributed by atoms with E-state index < -0.39 is 0 Å². The van der Waals surface area contributed by atoms with Gasteiger partial charge in [-0.3, -0.25) is 0 Å². The van der Waals surface area contributed by atoms with Gasteiger partial charge < -0.3 is 10.2 Å². The Labute approximate surface area is 67.3 Å². The van der Waals surface area contributed by atoms with Crippen LogP contribution in [0.2, 0.25) is 0 Å². The zero-order valence-corrected chi connectivity index (χ0v) is 6.72. The van der Waals surface area contributed by atoms with E-state index in [0.29, 0.717) is 10.0 Å². The maximum absolute atomic E-state index is 8.93. The lowest BCUT2D eigenvalue weighted by Gasteiger charge is -1.97. The zero-order valence-electron chi connectivity index (χ0n) is 5.13. The van der Waals surface area contributed by atoms with Gasteiger partial charge in [0.05, 0.1) is 6.61 Å². The highest BCUT2D eigenvalue weighted by molar-refractivity contribution is 9.10. The average molecular weight is 202 g/mol. The van der Waals surface area contributed by atoms with Crippen LogP contribution in [-0.4, -0.2) is 10.2 Å². The molecule has 0 aliphatic rings. The van der Waals surface area contributed by atoms with E-state index in [1.807, 2.05) is 0 Å². The number of phenolic OH excluding ortho intramolecular Hbond substituents is 1. The fraction of sp³-hybridized carbons (Fsp3) is 0.143. The second-order valence-corrected chi connectivity index (χ2v) is 2.73. The molecule has 2 N–H and O–H groups in total. The van der Waals surface area contributed by atoms with Gasteiger partial charge in [-0.1, -0.05) is 15.9 Å². The monoisotopic (exact) mass is 201 g/mol. The summed E-state index contributed by atoms with van der Waals surface area (Å²) >= 11 is 3.13. The lowest BCUT2D eigenvalue weighted by atomic mass is 10.2. The van der Waals surface area contributed by atoms with Gasteiger partial charge in [-0.15, -0.1) is 0 Å². The zero-order chi connectivity index (χ0) is 7.56. The highest BCUT2D eigenvalue weighted by Crippen LogP contribution is 2.18. The van der Waals surface area contributed by atoms with Crippen molar-refractivity contribution in [2.45, 2.75) is 6.61 Å². The molecule has 2 nitrogen and oxygen atoms in total. The van der Waals surface area contributed by atoms with Crippen LogP contribution < -0.4 is 0 Å². The molecule has 0 spiro atoms. The first-order chi connectivity index (χ1) is 4.72. The number of halogens is 1. The largest absolute Gasteiger partial charge is 0.507 e. The molecule has 1 aromatic rings. The maximum Gasteiger partial charge on any atom is 0.125 e. The van der Waals surface area contributed by atoms with Crippen molar-refractivity contribution in [2.24, 2.45) is 0 Å². The van der Waals surface area contributed by atoms with Crippen molar-refractivity contribution in [2.75, 3.05) is 0 Å². The van der Waals surface area contributed by atoms with Gasteiger partial charge >= 0.3 is 0 Å². The van der Waals surface area contributed by atoms with E-state index >= 15 is 0 Å². The third-order valence-electron chi connectivity index (χ3n) is 1.06. The molecule has 0 unspecified atom stereocenters. The number of aromatic hydroxyl groups is 1. The molecule has 1 radical (unpaired) electrons. The molecule has 0 atom stereocenters. The van der Waals surface area contributed by atoms with E-state index in [4.69, 9.17) is 10.2 Å². The Hall–Kier alpha value is -0.540. The summed E-state index contributed by atoms with van der Waals surface area (Å²) in [5.74, 6) is 0.0402. The van der Waals surface area contributed by atoms with Gasteiger partial charge in [-0.05, 0) is 17.7 Å². The van der Waals surface area contributed by atoms with Crippen molar-refractivity contribution in [1.29, 1.82) is 0 Å². The number of hydrogen-bond donors (Lipinski definition) is 2. The molecule has 3 heteroatoms. The SMILES string of the molecule is OCc1cc(O)[c]c(Br)c1. The minimum Gasteiger partial charge on any atom is -0.507 e. The van der Waals surface area contributed by atoms with Crippen LogP contribution in [-0.2, 0) is 6.61 Å². The molecule has 0 aliphatic heterocycles. The summed E-state index contributed by atoms with van der Waals surface area (Å²) < 4.78 is 0.650. The summed E-state index contributed by atoms with van der Waals surface area (Å²) in [5, 5.41) is 17.6. The molecule has 0 aliphatic carbocycles. The van der Waals surface area contributed by atoms with Crippen LogP contribution in [0.15, 0.2) is 16.6 Å². The molecule has 0 bridgehead atoms. The van der Waals surface area contributed by atoms with Crippen LogP contribution in [0.25, 0.3) is 0 Å². The Kier molecular flexibility index (Phi) is 2.29. The molecular weight excluding hydrogens is 196 g/mol. The first-order valence-corrected chi connectivity index (χ1v) is 3.53. The molecule has 53 valence electrons. The molecule has 0 aromatic heterocycles. The van der Waals surface area contributed by atoms with Crippen molar-refractivity contribution in [1.82, 2.24) is 0 Å². The predicted octanol–water partition coefficient (Wildman–Crippen LogP) is 1.45. The summed E-state index contributed by atoms with van der Waals surface area (Å²) in [7, 11) is 0. The Morgan fingerprint density at radius 2 is 2.20 bits per heavy atom. The van der Waals surface area contributed by atoms with Gasteiger partial charge in [0.2, 0.25) is 0 Å². The van der Waals surface area contributed by atoms with E-state index in [0.717, 1.165) is 0 Å². The van der Waals surface area contributed by atoms with Gasteiger partial charge in [0.15, 0.2) is 0 Å². The van der Waals surface area contributed by atoms with Gasteiger partial charge in [-0.25, -0.2) is 0 Å². The Bertz CT molecular complexity index is 215. The molecule has 0 heterocycles. The second kappa shape index (κ2) is 3.03. The quantitative estimate of drug-likeness (QED) is 0.723. The Balaban J connectivity index is 3.06. The number of rotatable bonds is 1. The molecule has 0 amide bonds. The van der Waals surface area contributed by atoms with Crippen molar-refractivity contribution in [3.8, 4) is 5.75 Å². The summed E-state index contributed by atoms with van der Waals surface area (Å²) in [6.07, 6.45) is 0. The van der Waals surface area contributed by atoms with E-state index in [-0.39, 0.29) is 12.4 Å². The van der Waals surface area contributed by atoms with Crippen LogP contribution in [0.5, 0.6) is 5.75 Å². The highest BCUT2D eigenvalue weighted by atomic mass is 79.9. The highest BCUT2D eigenvalue weighted by Gasteiger charge is 1.95. The lowest BCUT2D eigenvalue weighted by molar-refractivity contribution is 0.281. The van der Waals surface area contributed by atoms with Crippen molar-refractivity contribution in [3.05, 3.63) is 28.2 Å². The standard InChI is InChI=1S/C7H6BrO2/c8-6-1-5(4-9)2-7(10)3-6/h1-2,9-10H,4H2. The number of benzene rings is 1. The van der Waals surface area contributed by atoms with Gasteiger partial charge in [-0.2, -0.15) is 0 Å². The molecular formula is C7H6BrO2. The normalized spacial score (nSPS) is 9.80. The number of aliphatic hydroxyl groups excluding tert-OH is 1.